The van der Waals surface area contributed by atoms with E-state index >= 15 is 0 Å². The summed E-state index contributed by atoms with van der Waals surface area (Å²) in [6.45, 7) is 3.91. The molecule has 0 aliphatic rings. The molecule has 5 nitrogen and oxygen atoms in total. The summed E-state index contributed by atoms with van der Waals surface area (Å²) in [5.41, 5.74) is -1.16. The van der Waals surface area contributed by atoms with Crippen molar-refractivity contribution in [2.24, 2.45) is 0 Å². The van der Waals surface area contributed by atoms with E-state index in [9.17, 15) is 10.2 Å². The lowest BCUT2D eigenvalue weighted by molar-refractivity contribution is -0.0946. The standard InChI is InChI=1S/C10H20O5/c1-7(8(13)5-11)3-4-9(14)10(2,15)6-12/h8-9,11-15H,1,3-6H2,2H3/t8?,9-,10+/m1/s1. The van der Waals surface area contributed by atoms with Crippen molar-refractivity contribution >= 4 is 0 Å². The molecule has 15 heavy (non-hydrogen) atoms. The van der Waals surface area contributed by atoms with E-state index in [-0.39, 0.29) is 12.8 Å². The molecule has 0 aromatic carbocycles. The van der Waals surface area contributed by atoms with Gasteiger partial charge in [0.1, 0.15) is 5.60 Å². The van der Waals surface area contributed by atoms with E-state index in [0.717, 1.165) is 0 Å². The van der Waals surface area contributed by atoms with Gasteiger partial charge < -0.3 is 25.5 Å². The molecular formula is C10H20O5. The predicted octanol–water partition coefficient (Wildman–Crippen LogP) is -1.22. The Bertz CT molecular complexity index is 202. The van der Waals surface area contributed by atoms with Crippen LogP contribution in [0.25, 0.3) is 0 Å². The Morgan fingerprint density at radius 2 is 1.87 bits per heavy atom. The van der Waals surface area contributed by atoms with Gasteiger partial charge in [-0.25, -0.2) is 0 Å². The van der Waals surface area contributed by atoms with Gasteiger partial charge in [-0.15, -0.1) is 0 Å². The van der Waals surface area contributed by atoms with Crippen molar-refractivity contribution in [1.82, 2.24) is 0 Å². The second-order valence-corrected chi connectivity index (χ2v) is 3.93. The largest absolute Gasteiger partial charge is 0.393 e. The van der Waals surface area contributed by atoms with E-state index in [2.05, 4.69) is 6.58 Å². The minimum Gasteiger partial charge on any atom is -0.393 e. The van der Waals surface area contributed by atoms with Crippen molar-refractivity contribution in [3.05, 3.63) is 12.2 Å². The fourth-order valence-corrected chi connectivity index (χ4v) is 1.03. The summed E-state index contributed by atoms with van der Waals surface area (Å²) in [6.07, 6.45) is -1.65. The van der Waals surface area contributed by atoms with Gasteiger partial charge in [0.05, 0.1) is 25.4 Å². The average Bonchev–Trinajstić information content (AvgIpc) is 2.23. The van der Waals surface area contributed by atoms with Crippen molar-refractivity contribution < 1.29 is 25.5 Å². The van der Waals surface area contributed by atoms with Crippen LogP contribution < -0.4 is 0 Å². The van der Waals surface area contributed by atoms with E-state index in [1.807, 2.05) is 0 Å². The molecule has 0 radical (unpaired) electrons. The molecule has 1 unspecified atom stereocenters. The van der Waals surface area contributed by atoms with Crippen LogP contribution in [0, 0.1) is 0 Å². The third kappa shape index (κ3) is 4.72. The first-order chi connectivity index (χ1) is 6.85. The third-order valence-corrected chi connectivity index (χ3v) is 2.42. The molecule has 0 aliphatic heterocycles. The monoisotopic (exact) mass is 220 g/mol. The van der Waals surface area contributed by atoms with Crippen molar-refractivity contribution in [3.63, 3.8) is 0 Å². The lowest BCUT2D eigenvalue weighted by atomic mass is 9.93. The van der Waals surface area contributed by atoms with E-state index in [4.69, 9.17) is 15.3 Å². The highest BCUT2D eigenvalue weighted by atomic mass is 16.4. The minimum atomic E-state index is -1.55. The molecule has 0 aliphatic carbocycles. The second kappa shape index (κ2) is 6.19. The highest BCUT2D eigenvalue weighted by molar-refractivity contribution is 5.02. The fraction of sp³-hybridized carbons (Fsp3) is 0.800. The fourth-order valence-electron chi connectivity index (χ4n) is 1.03. The number of hydrogen-bond donors (Lipinski definition) is 5. The molecule has 90 valence electrons. The summed E-state index contributed by atoms with van der Waals surface area (Å²) in [4.78, 5) is 0. The minimum absolute atomic E-state index is 0.170. The maximum absolute atomic E-state index is 9.49. The Morgan fingerprint density at radius 3 is 2.27 bits per heavy atom. The van der Waals surface area contributed by atoms with Crippen molar-refractivity contribution in [3.8, 4) is 0 Å². The Labute approximate surface area is 89.3 Å². The second-order valence-electron chi connectivity index (χ2n) is 3.93. The van der Waals surface area contributed by atoms with E-state index < -0.39 is 31.0 Å². The van der Waals surface area contributed by atoms with Crippen molar-refractivity contribution in [1.29, 1.82) is 0 Å². The molecule has 0 fully saturated rings. The van der Waals surface area contributed by atoms with E-state index in [1.54, 1.807) is 0 Å². The molecule has 3 atom stereocenters. The smallest absolute Gasteiger partial charge is 0.111 e. The topological polar surface area (TPSA) is 101 Å². The van der Waals surface area contributed by atoms with Gasteiger partial charge >= 0.3 is 0 Å². The molecule has 0 heterocycles. The molecule has 0 saturated heterocycles. The van der Waals surface area contributed by atoms with E-state index in [0.29, 0.717) is 5.57 Å². The van der Waals surface area contributed by atoms with Crippen LogP contribution in [-0.4, -0.2) is 56.6 Å². The zero-order valence-electron chi connectivity index (χ0n) is 8.93. The van der Waals surface area contributed by atoms with Gasteiger partial charge in [0, 0.05) is 0 Å². The van der Waals surface area contributed by atoms with Crippen LogP contribution >= 0.6 is 0 Å². The molecule has 0 aromatic heterocycles. The summed E-state index contributed by atoms with van der Waals surface area (Å²) in [7, 11) is 0. The van der Waals surface area contributed by atoms with Gasteiger partial charge in [-0.3, -0.25) is 0 Å². The maximum atomic E-state index is 9.49. The normalized spacial score (nSPS) is 19.3. The van der Waals surface area contributed by atoms with Crippen LogP contribution in [0.15, 0.2) is 12.2 Å². The first kappa shape index (κ1) is 14.5. The van der Waals surface area contributed by atoms with Gasteiger partial charge in [0.25, 0.3) is 0 Å². The first-order valence-corrected chi connectivity index (χ1v) is 4.83. The highest BCUT2D eigenvalue weighted by Gasteiger charge is 2.29. The summed E-state index contributed by atoms with van der Waals surface area (Å²) >= 11 is 0. The Balaban J connectivity index is 4.01. The summed E-state index contributed by atoms with van der Waals surface area (Å²) in [5, 5.41) is 45.5. The predicted molar refractivity (Wildman–Crippen MR) is 55.2 cm³/mol. The van der Waals surface area contributed by atoms with Gasteiger partial charge in [0.15, 0.2) is 0 Å². The van der Waals surface area contributed by atoms with Crippen LogP contribution in [0.2, 0.25) is 0 Å². The molecule has 0 spiro atoms. The number of rotatable bonds is 7. The molecule has 0 amide bonds. The zero-order valence-corrected chi connectivity index (χ0v) is 8.93. The lowest BCUT2D eigenvalue weighted by Gasteiger charge is -2.27. The zero-order chi connectivity index (χ0) is 12.1. The molecule has 5 heteroatoms. The molecular weight excluding hydrogens is 200 g/mol. The number of hydrogen-bond acceptors (Lipinski definition) is 5. The molecule has 0 saturated carbocycles. The van der Waals surface area contributed by atoms with Crippen LogP contribution in [-0.2, 0) is 0 Å². The molecule has 0 rings (SSSR count). The molecule has 0 aromatic rings. The van der Waals surface area contributed by atoms with E-state index in [1.165, 1.54) is 6.92 Å². The number of aliphatic hydroxyl groups excluding tert-OH is 4. The lowest BCUT2D eigenvalue weighted by Crippen LogP contribution is -2.42. The number of aliphatic hydroxyl groups is 5. The average molecular weight is 220 g/mol. The van der Waals surface area contributed by atoms with Crippen molar-refractivity contribution in [2.45, 2.75) is 37.6 Å². The maximum Gasteiger partial charge on any atom is 0.111 e. The Kier molecular flexibility index (Phi) is 6.00. The van der Waals surface area contributed by atoms with Gasteiger partial charge in [-0.1, -0.05) is 6.58 Å². The summed E-state index contributed by atoms with van der Waals surface area (Å²) in [6, 6.07) is 0. The van der Waals surface area contributed by atoms with Gasteiger partial charge in [-0.05, 0) is 25.3 Å². The Hall–Kier alpha value is -0.460. The van der Waals surface area contributed by atoms with Crippen LogP contribution in [0.4, 0.5) is 0 Å². The summed E-state index contributed by atoms with van der Waals surface area (Å²) in [5.74, 6) is 0. The first-order valence-electron chi connectivity index (χ1n) is 4.83. The van der Waals surface area contributed by atoms with Crippen molar-refractivity contribution in [2.75, 3.05) is 13.2 Å². The SMILES string of the molecule is C=C(CC[C@@H](O)[C@@](C)(O)CO)C(O)CO. The van der Waals surface area contributed by atoms with Crippen LogP contribution in [0.3, 0.4) is 0 Å². The van der Waals surface area contributed by atoms with Crippen LogP contribution in [0.5, 0.6) is 0 Å². The molecule has 5 N–H and O–H groups in total. The Morgan fingerprint density at radius 1 is 1.33 bits per heavy atom. The summed E-state index contributed by atoms with van der Waals surface area (Å²) < 4.78 is 0. The van der Waals surface area contributed by atoms with Crippen LogP contribution in [0.1, 0.15) is 19.8 Å². The molecule has 0 bridgehead atoms. The quantitative estimate of drug-likeness (QED) is 0.346. The highest BCUT2D eigenvalue weighted by Crippen LogP contribution is 2.17. The third-order valence-electron chi connectivity index (χ3n) is 2.42. The van der Waals surface area contributed by atoms with Gasteiger partial charge in [0.2, 0.25) is 0 Å². The van der Waals surface area contributed by atoms with Gasteiger partial charge in [-0.2, -0.15) is 0 Å².